The number of ether oxygens (including phenoxy) is 2. The molecule has 0 unspecified atom stereocenters. The van der Waals surface area contributed by atoms with Gasteiger partial charge in [-0.3, -0.25) is 0 Å². The lowest BCUT2D eigenvalue weighted by Gasteiger charge is -2.45. The summed E-state index contributed by atoms with van der Waals surface area (Å²) in [5.74, 6) is 1.72. The summed E-state index contributed by atoms with van der Waals surface area (Å²) < 4.78 is 13.9. The standard InChI is InChI=1S/C34H26N4O2S2/c1-37-30(38-2)16-23-15-29-32(42-23)25-18-26-24(17-27(25)34(40-29)11-7-4-8-12-34)31-28(39-33(26)9-5-3-6-10-33)14-22(41-31)13-21(19-35)20-36/h13-18H,3-12H2. The van der Waals surface area contributed by atoms with Crippen LogP contribution in [0.2, 0.25) is 0 Å². The Morgan fingerprint density at radius 1 is 0.714 bits per heavy atom. The van der Waals surface area contributed by atoms with Crippen molar-refractivity contribution in [2.75, 3.05) is 0 Å². The first-order valence-electron chi connectivity index (χ1n) is 14.4. The molecule has 0 amide bonds. The van der Waals surface area contributed by atoms with E-state index in [4.69, 9.17) is 22.6 Å². The van der Waals surface area contributed by atoms with Crippen LogP contribution in [0.25, 0.3) is 42.7 Å². The van der Waals surface area contributed by atoms with Crippen molar-refractivity contribution in [2.45, 2.75) is 75.4 Å². The van der Waals surface area contributed by atoms with E-state index in [9.17, 15) is 10.5 Å². The molecule has 4 heterocycles. The van der Waals surface area contributed by atoms with Gasteiger partial charge in [0.05, 0.1) is 9.75 Å². The minimum Gasteiger partial charge on any atom is -0.481 e. The maximum Gasteiger partial charge on any atom is 0.520 e. The molecule has 0 N–H and O–H groups in total. The van der Waals surface area contributed by atoms with E-state index in [-0.39, 0.29) is 11.4 Å². The maximum atomic E-state index is 9.37. The molecule has 0 saturated heterocycles. The zero-order valence-electron chi connectivity index (χ0n) is 23.0. The van der Waals surface area contributed by atoms with E-state index in [0.717, 1.165) is 82.4 Å². The summed E-state index contributed by atoms with van der Waals surface area (Å²) in [4.78, 5) is 10.5. The highest BCUT2D eigenvalue weighted by molar-refractivity contribution is 7.17. The van der Waals surface area contributed by atoms with E-state index in [2.05, 4.69) is 21.8 Å². The highest BCUT2D eigenvalue weighted by Gasteiger charge is 2.48. The molecule has 4 aliphatic rings. The zero-order valence-corrected chi connectivity index (χ0v) is 24.6. The normalized spacial score (nSPS) is 18.2. The fraction of sp³-hybridized carbons (Fsp3) is 0.353. The van der Waals surface area contributed by atoms with Gasteiger partial charge in [-0.1, -0.05) is 12.8 Å². The number of nitriles is 2. The Hall–Kier alpha value is -4.34. The minimum absolute atomic E-state index is 0.0484. The van der Waals surface area contributed by atoms with Crippen molar-refractivity contribution >= 4 is 34.8 Å². The van der Waals surface area contributed by atoms with Crippen LogP contribution in [-0.4, -0.2) is 0 Å². The molecule has 1 aromatic carbocycles. The Balaban J connectivity index is 1.47. The number of thiophene rings is 2. The molecule has 6 nitrogen and oxygen atoms in total. The third kappa shape index (κ3) is 4.15. The number of rotatable bonds is 2. The number of hydrogen-bond donors (Lipinski definition) is 0. The quantitative estimate of drug-likeness (QED) is 0.221. The predicted molar refractivity (Wildman–Crippen MR) is 164 cm³/mol. The van der Waals surface area contributed by atoms with Gasteiger partial charge in [0.25, 0.3) is 0 Å². The Morgan fingerprint density at radius 2 is 1.17 bits per heavy atom. The first kappa shape index (κ1) is 26.6. The molecular formula is C34H26N4O2S2. The Kier molecular flexibility index (Phi) is 6.44. The van der Waals surface area contributed by atoms with Crippen molar-refractivity contribution in [2.24, 2.45) is 0 Å². The average Bonchev–Trinajstić information content (AvgIpc) is 3.62. The van der Waals surface area contributed by atoms with Gasteiger partial charge in [0, 0.05) is 38.1 Å². The second-order valence-corrected chi connectivity index (χ2v) is 13.6. The molecule has 0 radical (unpaired) electrons. The molecule has 0 atom stereocenters. The summed E-state index contributed by atoms with van der Waals surface area (Å²) in [6, 6.07) is 12.7. The monoisotopic (exact) mass is 586 g/mol. The van der Waals surface area contributed by atoms with Gasteiger partial charge in [-0.05, 0) is 81.7 Å². The topological polar surface area (TPSA) is 74.8 Å². The van der Waals surface area contributed by atoms with Gasteiger partial charge in [-0.25, -0.2) is 0 Å². The van der Waals surface area contributed by atoms with Crippen LogP contribution < -0.4 is 9.47 Å². The van der Waals surface area contributed by atoms with Gasteiger partial charge in [0.15, 0.2) is 0 Å². The van der Waals surface area contributed by atoms with E-state index < -0.39 is 11.2 Å². The summed E-state index contributed by atoms with van der Waals surface area (Å²) in [7, 11) is 0. The lowest BCUT2D eigenvalue weighted by Crippen LogP contribution is -2.40. The number of fused-ring (bicyclic) bond motifs is 8. The molecule has 2 aliphatic heterocycles. The minimum atomic E-state index is -0.426. The van der Waals surface area contributed by atoms with Crippen molar-refractivity contribution in [1.82, 2.24) is 0 Å². The van der Waals surface area contributed by atoms with Gasteiger partial charge < -0.3 is 9.47 Å². The van der Waals surface area contributed by atoms with Crippen molar-refractivity contribution in [3.63, 3.8) is 0 Å². The molecule has 2 aliphatic carbocycles. The molecule has 2 fully saturated rings. The first-order valence-corrected chi connectivity index (χ1v) is 16.0. The molecule has 2 spiro atoms. The Labute approximate surface area is 253 Å². The Morgan fingerprint density at radius 3 is 1.60 bits per heavy atom. The predicted octanol–water partition coefficient (Wildman–Crippen LogP) is 9.81. The van der Waals surface area contributed by atoms with Crippen LogP contribution in [0, 0.1) is 35.8 Å². The smallest absolute Gasteiger partial charge is 0.481 e. The third-order valence-corrected chi connectivity index (χ3v) is 11.2. The summed E-state index contributed by atoms with van der Waals surface area (Å²) in [6.07, 6.45) is 13.8. The molecule has 7 rings (SSSR count). The molecule has 2 aromatic heterocycles. The molecule has 206 valence electrons. The second kappa shape index (κ2) is 10.2. The summed E-state index contributed by atoms with van der Waals surface area (Å²) in [5.41, 5.74) is 4.00. The molecule has 42 heavy (non-hydrogen) atoms. The van der Waals surface area contributed by atoms with Gasteiger partial charge >= 0.3 is 5.82 Å². The molecule has 2 saturated carbocycles. The van der Waals surface area contributed by atoms with Gasteiger partial charge in [0.1, 0.15) is 53.6 Å². The maximum absolute atomic E-state index is 9.37. The van der Waals surface area contributed by atoms with E-state index in [1.165, 1.54) is 35.1 Å². The van der Waals surface area contributed by atoms with E-state index in [1.54, 1.807) is 34.8 Å². The van der Waals surface area contributed by atoms with E-state index in [1.807, 2.05) is 24.3 Å². The summed E-state index contributed by atoms with van der Waals surface area (Å²) in [5, 5.41) is 18.7. The largest absolute Gasteiger partial charge is 0.520 e. The summed E-state index contributed by atoms with van der Waals surface area (Å²) in [6.45, 7) is 14.7. The highest BCUT2D eigenvalue weighted by Crippen LogP contribution is 2.60. The van der Waals surface area contributed by atoms with Crippen LogP contribution in [0.5, 0.6) is 11.5 Å². The lowest BCUT2D eigenvalue weighted by molar-refractivity contribution is 0.0205. The fourth-order valence-corrected chi connectivity index (χ4v) is 9.26. The highest BCUT2D eigenvalue weighted by atomic mass is 32.1. The van der Waals surface area contributed by atoms with Crippen LogP contribution >= 0.6 is 22.7 Å². The van der Waals surface area contributed by atoms with Crippen LogP contribution in [0.4, 0.5) is 0 Å². The number of hydrogen-bond acceptors (Lipinski definition) is 6. The number of nitrogens with zero attached hydrogens (tertiary/aromatic N) is 4. The first-order chi connectivity index (χ1) is 20.5. The zero-order chi connectivity index (χ0) is 28.9. The van der Waals surface area contributed by atoms with Crippen molar-refractivity contribution in [3.05, 3.63) is 79.4 Å². The second-order valence-electron chi connectivity index (χ2n) is 11.4. The molecule has 0 bridgehead atoms. The van der Waals surface area contributed by atoms with Crippen LogP contribution in [0.1, 0.15) is 85.1 Å². The fourth-order valence-electron chi connectivity index (χ4n) is 7.15. The SMILES string of the molecule is [C-]#[N+]C(=Cc1cc2c(s1)-c1cc3c(cc1C1(CCCCC1)O2)-c1sc(C=C(C#N)C#N)cc1OC31CCCCC1)[N+]#[C-]. The lowest BCUT2D eigenvalue weighted by atomic mass is 9.71. The van der Waals surface area contributed by atoms with Gasteiger partial charge in [-0.2, -0.15) is 20.2 Å². The van der Waals surface area contributed by atoms with Crippen molar-refractivity contribution < 1.29 is 9.47 Å². The van der Waals surface area contributed by atoms with Crippen molar-refractivity contribution in [1.29, 1.82) is 10.5 Å². The van der Waals surface area contributed by atoms with Crippen LogP contribution in [-0.2, 0) is 11.2 Å². The Bertz CT molecular complexity index is 1680. The van der Waals surface area contributed by atoms with Crippen LogP contribution in [0.3, 0.4) is 0 Å². The molecular weight excluding hydrogens is 561 g/mol. The van der Waals surface area contributed by atoms with Gasteiger partial charge in [-0.15, -0.1) is 22.7 Å². The molecule has 8 heteroatoms. The van der Waals surface area contributed by atoms with E-state index in [0.29, 0.717) is 0 Å². The average molecular weight is 587 g/mol. The number of benzene rings is 1. The van der Waals surface area contributed by atoms with Crippen molar-refractivity contribution in [3.8, 4) is 44.5 Å². The molecule has 3 aromatic rings. The summed E-state index contributed by atoms with van der Waals surface area (Å²) >= 11 is 3.14. The van der Waals surface area contributed by atoms with Crippen LogP contribution in [0.15, 0.2) is 35.7 Å². The van der Waals surface area contributed by atoms with Gasteiger partial charge in [0.2, 0.25) is 0 Å². The van der Waals surface area contributed by atoms with E-state index >= 15 is 0 Å². The number of allylic oxidation sites excluding steroid dienone is 1. The third-order valence-electron chi connectivity index (χ3n) is 9.02.